The van der Waals surface area contributed by atoms with E-state index in [9.17, 15) is 0 Å². The molecule has 0 aliphatic heterocycles. The molecule has 0 aliphatic carbocycles. The number of likely N-dealkylation sites (N-methyl/N-ethyl adjacent to an activating group) is 1. The van der Waals surface area contributed by atoms with Crippen LogP contribution in [0.1, 0.15) is 5.69 Å². The van der Waals surface area contributed by atoms with Gasteiger partial charge in [-0.1, -0.05) is 0 Å². The van der Waals surface area contributed by atoms with Gasteiger partial charge in [-0.25, -0.2) is 9.97 Å². The van der Waals surface area contributed by atoms with Crippen molar-refractivity contribution in [3.05, 3.63) is 28.9 Å². The van der Waals surface area contributed by atoms with Gasteiger partial charge in [0.25, 0.3) is 0 Å². The van der Waals surface area contributed by atoms with E-state index in [4.69, 9.17) is 4.74 Å². The van der Waals surface area contributed by atoms with E-state index in [-0.39, 0.29) is 0 Å². The maximum Gasteiger partial charge on any atom is 0.155 e. The minimum Gasteiger partial charge on any atom is -0.383 e. The Morgan fingerprint density at radius 3 is 3.00 bits per heavy atom. The number of imidazole rings is 1. The summed E-state index contributed by atoms with van der Waals surface area (Å²) >= 11 is 3.38. The van der Waals surface area contributed by atoms with E-state index in [0.717, 1.165) is 48.7 Å². The van der Waals surface area contributed by atoms with Crippen molar-refractivity contribution in [2.75, 3.05) is 40.4 Å². The van der Waals surface area contributed by atoms with Gasteiger partial charge in [0.2, 0.25) is 0 Å². The summed E-state index contributed by atoms with van der Waals surface area (Å²) in [4.78, 5) is 10.7. The van der Waals surface area contributed by atoms with Gasteiger partial charge in [0, 0.05) is 39.5 Å². The van der Waals surface area contributed by atoms with Crippen LogP contribution in [0, 0.1) is 0 Å². The van der Waals surface area contributed by atoms with Gasteiger partial charge in [-0.2, -0.15) is 0 Å². The molecule has 1 N–H and O–H groups in total. The predicted molar refractivity (Wildman–Crippen MR) is 81.8 cm³/mol. The van der Waals surface area contributed by atoms with Gasteiger partial charge in [0.1, 0.15) is 4.60 Å². The summed E-state index contributed by atoms with van der Waals surface area (Å²) in [5, 5.41) is 3.43. The molecule has 0 fully saturated rings. The molecule has 0 atom stereocenters. The van der Waals surface area contributed by atoms with Crippen LogP contribution >= 0.6 is 15.9 Å². The third-order valence-corrected chi connectivity index (χ3v) is 3.50. The third kappa shape index (κ3) is 4.24. The van der Waals surface area contributed by atoms with Crippen molar-refractivity contribution in [1.82, 2.24) is 24.6 Å². The number of nitrogens with one attached hydrogen (secondary N) is 1. The first-order valence-electron chi connectivity index (χ1n) is 6.56. The van der Waals surface area contributed by atoms with Crippen molar-refractivity contribution in [1.29, 1.82) is 0 Å². The predicted octanol–water partition coefficient (Wildman–Crippen LogP) is 1.16. The smallest absolute Gasteiger partial charge is 0.155 e. The Labute approximate surface area is 127 Å². The molecule has 0 aromatic carbocycles. The highest BCUT2D eigenvalue weighted by Crippen LogP contribution is 2.10. The van der Waals surface area contributed by atoms with Crippen LogP contribution in [0.4, 0.5) is 0 Å². The Balaban J connectivity index is 1.80. The highest BCUT2D eigenvalue weighted by Gasteiger charge is 2.04. The summed E-state index contributed by atoms with van der Waals surface area (Å²) < 4.78 is 7.90. The Bertz CT molecular complexity index is 545. The quantitative estimate of drug-likeness (QED) is 0.730. The number of nitrogens with zero attached hydrogens (tertiary/aromatic N) is 4. The number of methoxy groups -OCH3 is 1. The van der Waals surface area contributed by atoms with E-state index < -0.39 is 0 Å². The number of aromatic nitrogens is 3. The summed E-state index contributed by atoms with van der Waals surface area (Å²) in [7, 11) is 3.82. The lowest BCUT2D eigenvalue weighted by Crippen LogP contribution is -2.31. The maximum absolute atomic E-state index is 5.05. The number of hydrogen-bond acceptors (Lipinski definition) is 5. The molecule has 2 heterocycles. The summed E-state index contributed by atoms with van der Waals surface area (Å²) in [5.41, 5.74) is 1.99. The second-order valence-corrected chi connectivity index (χ2v) is 5.47. The zero-order chi connectivity index (χ0) is 14.4. The van der Waals surface area contributed by atoms with Crippen LogP contribution in [0.25, 0.3) is 5.65 Å². The van der Waals surface area contributed by atoms with Crippen molar-refractivity contribution < 1.29 is 4.74 Å². The monoisotopic (exact) mass is 341 g/mol. The number of hydrogen-bond donors (Lipinski definition) is 1. The molecule has 0 spiro atoms. The van der Waals surface area contributed by atoms with Crippen LogP contribution in [-0.2, 0) is 11.3 Å². The number of halogens is 1. The molecule has 2 rings (SSSR count). The Hall–Kier alpha value is -1.02. The van der Waals surface area contributed by atoms with E-state index >= 15 is 0 Å². The lowest BCUT2D eigenvalue weighted by atomic mass is 10.4. The van der Waals surface area contributed by atoms with E-state index in [1.807, 2.05) is 16.8 Å². The van der Waals surface area contributed by atoms with Gasteiger partial charge in [0.05, 0.1) is 24.7 Å². The van der Waals surface area contributed by atoms with Gasteiger partial charge in [-0.05, 0) is 23.0 Å². The van der Waals surface area contributed by atoms with Gasteiger partial charge < -0.3 is 15.0 Å². The fourth-order valence-corrected chi connectivity index (χ4v) is 2.20. The zero-order valence-corrected chi connectivity index (χ0v) is 13.4. The average molecular weight is 342 g/mol. The highest BCUT2D eigenvalue weighted by atomic mass is 79.9. The third-order valence-electron chi connectivity index (χ3n) is 3.09. The van der Waals surface area contributed by atoms with Gasteiger partial charge >= 0.3 is 0 Å². The molecule has 6 nitrogen and oxygen atoms in total. The minimum atomic E-state index is 0.769. The molecule has 110 valence electrons. The van der Waals surface area contributed by atoms with Crippen molar-refractivity contribution in [2.45, 2.75) is 6.54 Å². The molecule has 0 unspecified atom stereocenters. The summed E-state index contributed by atoms with van der Waals surface area (Å²) in [6.07, 6.45) is 5.57. The molecule has 7 heteroatoms. The van der Waals surface area contributed by atoms with E-state index in [2.05, 4.69) is 43.2 Å². The lowest BCUT2D eigenvalue weighted by molar-refractivity contribution is 0.161. The lowest BCUT2D eigenvalue weighted by Gasteiger charge is -2.16. The first-order chi connectivity index (χ1) is 9.70. The van der Waals surface area contributed by atoms with E-state index in [0.29, 0.717) is 0 Å². The Morgan fingerprint density at radius 2 is 2.20 bits per heavy atom. The van der Waals surface area contributed by atoms with E-state index in [1.165, 1.54) is 0 Å². The second kappa shape index (κ2) is 7.68. The number of fused-ring (bicyclic) bond motifs is 1. The molecule has 2 aromatic rings. The first-order valence-corrected chi connectivity index (χ1v) is 7.35. The average Bonchev–Trinajstić information content (AvgIpc) is 2.83. The van der Waals surface area contributed by atoms with Crippen LogP contribution in [-0.4, -0.2) is 59.7 Å². The maximum atomic E-state index is 5.05. The van der Waals surface area contributed by atoms with Crippen molar-refractivity contribution in [3.63, 3.8) is 0 Å². The molecular formula is C13H20BrN5O. The molecule has 20 heavy (non-hydrogen) atoms. The molecule has 0 amide bonds. The van der Waals surface area contributed by atoms with Crippen LogP contribution < -0.4 is 5.32 Å². The first kappa shape index (κ1) is 15.4. The fourth-order valence-electron chi connectivity index (χ4n) is 1.89. The standard InChI is InChI=1S/C13H20BrN5O/c1-18(5-6-20-2)4-3-15-7-11-8-17-13-9-16-12(14)10-19(11)13/h8-10,15H,3-7H2,1-2H3. The van der Waals surface area contributed by atoms with Crippen LogP contribution in [0.3, 0.4) is 0 Å². The fraction of sp³-hybridized carbons (Fsp3) is 0.538. The van der Waals surface area contributed by atoms with Crippen LogP contribution in [0.2, 0.25) is 0 Å². The van der Waals surface area contributed by atoms with Crippen molar-refractivity contribution >= 4 is 21.6 Å². The molecular weight excluding hydrogens is 322 g/mol. The van der Waals surface area contributed by atoms with Crippen LogP contribution in [0.15, 0.2) is 23.2 Å². The summed E-state index contributed by atoms with van der Waals surface area (Å²) in [6, 6.07) is 0. The topological polar surface area (TPSA) is 54.7 Å². The summed E-state index contributed by atoms with van der Waals surface area (Å²) in [6.45, 7) is 4.43. The normalized spacial score (nSPS) is 11.6. The Kier molecular flexibility index (Phi) is 5.90. The number of rotatable bonds is 8. The largest absolute Gasteiger partial charge is 0.383 e. The highest BCUT2D eigenvalue weighted by molar-refractivity contribution is 9.10. The van der Waals surface area contributed by atoms with Crippen molar-refractivity contribution in [2.24, 2.45) is 0 Å². The minimum absolute atomic E-state index is 0.769. The molecule has 0 radical (unpaired) electrons. The van der Waals surface area contributed by atoms with Gasteiger partial charge in [0.15, 0.2) is 5.65 Å². The number of ether oxygens (including phenoxy) is 1. The second-order valence-electron chi connectivity index (χ2n) is 4.66. The SMILES string of the molecule is COCCN(C)CCNCc1cnc2cnc(Br)cn12. The molecule has 2 aromatic heterocycles. The molecule has 0 aliphatic rings. The zero-order valence-electron chi connectivity index (χ0n) is 11.8. The molecule has 0 saturated carbocycles. The molecule has 0 bridgehead atoms. The molecule has 0 saturated heterocycles. The van der Waals surface area contributed by atoms with Crippen LogP contribution in [0.5, 0.6) is 0 Å². The Morgan fingerprint density at radius 1 is 1.35 bits per heavy atom. The van der Waals surface area contributed by atoms with E-state index in [1.54, 1.807) is 13.3 Å². The van der Waals surface area contributed by atoms with Gasteiger partial charge in [-0.15, -0.1) is 0 Å². The van der Waals surface area contributed by atoms with Crippen molar-refractivity contribution in [3.8, 4) is 0 Å². The summed E-state index contributed by atoms with van der Waals surface area (Å²) in [5.74, 6) is 0. The van der Waals surface area contributed by atoms with Gasteiger partial charge in [-0.3, -0.25) is 4.40 Å².